The van der Waals surface area contributed by atoms with E-state index >= 15 is 0 Å². The summed E-state index contributed by atoms with van der Waals surface area (Å²) in [6.07, 6.45) is 7.06. The minimum absolute atomic E-state index is 0. The second-order valence-electron chi connectivity index (χ2n) is 5.97. The first-order valence-corrected chi connectivity index (χ1v) is 9.45. The molecule has 0 amide bonds. The van der Waals surface area contributed by atoms with Gasteiger partial charge in [-0.15, -0.1) is 0 Å². The fourth-order valence-electron chi connectivity index (χ4n) is 2.58. The molecule has 4 rings (SSSR count). The van der Waals surface area contributed by atoms with Gasteiger partial charge in [-0.05, 0) is 64.1 Å². The number of hydrogen-bond donors (Lipinski definition) is 2. The molecule has 29 heavy (non-hydrogen) atoms. The first kappa shape index (κ1) is 22.5. The molecule has 0 saturated heterocycles. The van der Waals surface area contributed by atoms with Crippen LogP contribution in [0.2, 0.25) is 0 Å². The maximum Gasteiger partial charge on any atom is 0.488 e. The molecule has 4 nitrogen and oxygen atoms in total. The molecule has 148 valence electrons. The van der Waals surface area contributed by atoms with Crippen molar-refractivity contribution in [1.82, 2.24) is 9.97 Å². The van der Waals surface area contributed by atoms with Crippen molar-refractivity contribution in [2.24, 2.45) is 0 Å². The van der Waals surface area contributed by atoms with Crippen LogP contribution in [0.25, 0.3) is 22.3 Å². The second-order valence-corrected chi connectivity index (χ2v) is 6.89. The fraction of sp³-hybridized carbons (Fsp3) is 0.0435. The normalized spacial score (nSPS) is 9.62. The Bertz CT molecular complexity index is 987. The third-order valence-corrected chi connectivity index (χ3v) is 4.61. The van der Waals surface area contributed by atoms with Crippen molar-refractivity contribution < 1.29 is 11.5 Å². The lowest BCUT2D eigenvalue weighted by molar-refractivity contribution is 0.426. The highest BCUT2D eigenvalue weighted by molar-refractivity contribution is 9.10. The molecule has 0 fully saturated rings. The maximum absolute atomic E-state index is 8.93. The molecule has 0 atom stereocenters. The van der Waals surface area contributed by atoms with E-state index in [1.807, 2.05) is 48.5 Å². The molecule has 0 aliphatic carbocycles. The molecular weight excluding hydrogens is 427 g/mol. The number of hydrogen-bond acceptors (Lipinski definition) is 4. The van der Waals surface area contributed by atoms with Crippen LogP contribution in [-0.4, -0.2) is 27.1 Å². The van der Waals surface area contributed by atoms with E-state index in [2.05, 4.69) is 38.0 Å². The Kier molecular flexibility index (Phi) is 8.74. The predicted octanol–water partition coefficient (Wildman–Crippen LogP) is 4.82. The molecule has 0 saturated carbocycles. The van der Waals surface area contributed by atoms with Crippen LogP contribution in [0.15, 0.2) is 102 Å². The molecule has 0 radical (unpaired) electrons. The molecule has 6 heteroatoms. The van der Waals surface area contributed by atoms with Gasteiger partial charge in [0.2, 0.25) is 0 Å². The van der Waals surface area contributed by atoms with Gasteiger partial charge in [-0.3, -0.25) is 9.97 Å². The van der Waals surface area contributed by atoms with Crippen molar-refractivity contribution in [3.8, 4) is 22.3 Å². The van der Waals surface area contributed by atoms with Gasteiger partial charge >= 0.3 is 7.12 Å². The van der Waals surface area contributed by atoms with Gasteiger partial charge in [0.1, 0.15) is 0 Å². The van der Waals surface area contributed by atoms with E-state index in [-0.39, 0.29) is 8.85 Å². The molecule has 4 aromatic rings. The Balaban J connectivity index is 0.000000284. The lowest BCUT2D eigenvalue weighted by Crippen LogP contribution is -2.29. The van der Waals surface area contributed by atoms with Gasteiger partial charge in [0, 0.05) is 30.7 Å². The quantitative estimate of drug-likeness (QED) is 0.438. The Labute approximate surface area is 181 Å². The first-order chi connectivity index (χ1) is 13.6. The summed E-state index contributed by atoms with van der Waals surface area (Å²) in [6.45, 7) is 0. The average Bonchev–Trinajstić information content (AvgIpc) is 2.76. The number of aromatic nitrogens is 2. The van der Waals surface area contributed by atoms with Gasteiger partial charge in [-0.2, -0.15) is 0 Å². The third kappa shape index (κ3) is 6.64. The summed E-state index contributed by atoms with van der Waals surface area (Å²) in [5.41, 5.74) is 4.99. The Morgan fingerprint density at radius 2 is 0.931 bits per heavy atom. The average molecular weight is 452 g/mol. The summed E-state index contributed by atoms with van der Waals surface area (Å²) in [6, 6.07) is 23.2. The molecule has 2 aromatic heterocycles. The van der Waals surface area contributed by atoms with E-state index in [1.54, 1.807) is 36.9 Å². The largest absolute Gasteiger partial charge is 0.488 e. The van der Waals surface area contributed by atoms with Crippen molar-refractivity contribution >= 4 is 28.5 Å². The van der Waals surface area contributed by atoms with Gasteiger partial charge < -0.3 is 10.0 Å². The molecule has 0 spiro atoms. The molecule has 2 aromatic carbocycles. The minimum Gasteiger partial charge on any atom is -0.423 e. The summed E-state index contributed by atoms with van der Waals surface area (Å²) in [7, 11) is -1.41. The van der Waals surface area contributed by atoms with Gasteiger partial charge in [-0.25, -0.2) is 0 Å². The van der Waals surface area contributed by atoms with E-state index in [9.17, 15) is 0 Å². The topological polar surface area (TPSA) is 66.2 Å². The van der Waals surface area contributed by atoms with Crippen LogP contribution >= 0.6 is 15.9 Å². The van der Waals surface area contributed by atoms with Crippen molar-refractivity contribution in [2.75, 3.05) is 0 Å². The van der Waals surface area contributed by atoms with Crippen LogP contribution in [0.1, 0.15) is 8.85 Å². The number of benzene rings is 2. The molecule has 0 unspecified atom stereocenters. The predicted molar refractivity (Wildman–Crippen MR) is 126 cm³/mol. The zero-order chi connectivity index (χ0) is 19.8. The van der Waals surface area contributed by atoms with Crippen LogP contribution in [0.4, 0.5) is 0 Å². The zero-order valence-electron chi connectivity index (χ0n) is 15.0. The number of rotatable bonds is 3. The summed E-state index contributed by atoms with van der Waals surface area (Å²) in [4.78, 5) is 7.92. The van der Waals surface area contributed by atoms with Crippen LogP contribution in [0.5, 0.6) is 0 Å². The van der Waals surface area contributed by atoms with Crippen LogP contribution in [0, 0.1) is 0 Å². The molecule has 2 N–H and O–H groups in total. The van der Waals surface area contributed by atoms with E-state index in [0.29, 0.717) is 5.46 Å². The number of halogens is 1. The Morgan fingerprint density at radius 3 is 1.31 bits per heavy atom. The van der Waals surface area contributed by atoms with Gasteiger partial charge in [0.15, 0.2) is 0 Å². The summed E-state index contributed by atoms with van der Waals surface area (Å²) < 4.78 is 1.10. The van der Waals surface area contributed by atoms with Crippen LogP contribution in [0.3, 0.4) is 0 Å². The minimum atomic E-state index is -1.41. The lowest BCUT2D eigenvalue weighted by atomic mass is 9.80. The van der Waals surface area contributed by atoms with E-state index in [0.717, 1.165) is 15.6 Å². The van der Waals surface area contributed by atoms with Crippen molar-refractivity contribution in [2.45, 2.75) is 7.43 Å². The summed E-state index contributed by atoms with van der Waals surface area (Å²) >= 11 is 3.41. The van der Waals surface area contributed by atoms with Gasteiger partial charge in [0.05, 0.1) is 0 Å². The van der Waals surface area contributed by atoms with Crippen molar-refractivity contribution in [3.05, 3.63) is 102 Å². The van der Waals surface area contributed by atoms with Crippen molar-refractivity contribution in [1.29, 1.82) is 0 Å². The Morgan fingerprint density at radius 1 is 0.586 bits per heavy atom. The highest BCUT2D eigenvalue weighted by Crippen LogP contribution is 2.20. The monoisotopic (exact) mass is 451 g/mol. The summed E-state index contributed by atoms with van der Waals surface area (Å²) in [5.74, 6) is 0. The van der Waals surface area contributed by atoms with Gasteiger partial charge in [-0.1, -0.05) is 59.8 Å². The van der Waals surface area contributed by atoms with Gasteiger partial charge in [0.25, 0.3) is 0 Å². The zero-order valence-corrected chi connectivity index (χ0v) is 16.6. The van der Waals surface area contributed by atoms with Crippen LogP contribution < -0.4 is 5.46 Å². The second kappa shape index (κ2) is 11.3. The lowest BCUT2D eigenvalue weighted by Gasteiger charge is -2.03. The molecule has 0 bridgehead atoms. The van der Waals surface area contributed by atoms with E-state index < -0.39 is 7.12 Å². The Hall–Kier alpha value is -2.80. The molecular formula is C23H24BBrN2O2. The highest BCUT2D eigenvalue weighted by atomic mass is 79.9. The fourth-order valence-corrected chi connectivity index (χ4v) is 2.84. The molecule has 0 aliphatic rings. The van der Waals surface area contributed by atoms with Crippen LogP contribution in [-0.2, 0) is 0 Å². The van der Waals surface area contributed by atoms with E-state index in [4.69, 9.17) is 10.0 Å². The van der Waals surface area contributed by atoms with Crippen molar-refractivity contribution in [3.63, 3.8) is 0 Å². The standard InChI is InChI=1S/C11H10BNO2.C11H8BrN.CH4.H2/c14-12(15)11-3-1-9(2-4-11)10-5-7-13-8-6-10;12-11-3-1-9(2-4-11)10-5-7-13-8-6-10;;/h1-8,14-15H;1-8H;1H4;1H/i;;;1+1. The molecule has 0 aliphatic heterocycles. The first-order valence-electron chi connectivity index (χ1n) is 8.66. The third-order valence-electron chi connectivity index (χ3n) is 4.08. The number of nitrogens with zero attached hydrogens (tertiary/aromatic N) is 2. The molecule has 2 heterocycles. The smallest absolute Gasteiger partial charge is 0.423 e. The summed E-state index contributed by atoms with van der Waals surface area (Å²) in [5, 5.41) is 17.9. The van der Waals surface area contributed by atoms with E-state index in [1.165, 1.54) is 11.1 Å². The SMILES string of the molecule is Brc1ccc(-c2ccncc2)cc1.C.OB(O)c1ccc(-c2ccncc2)cc1.[2HH]. The number of pyridine rings is 2. The highest BCUT2D eigenvalue weighted by Gasteiger charge is 2.09. The maximum atomic E-state index is 8.93.